The van der Waals surface area contributed by atoms with Crippen LogP contribution in [0, 0.1) is 5.41 Å². The molecule has 0 aliphatic heterocycles. The molecule has 1 amide bonds. The number of rotatable bonds is 11. The number of hydrogen-bond donors (Lipinski definition) is 5. The first kappa shape index (κ1) is 25.2. The van der Waals surface area contributed by atoms with Crippen LogP contribution >= 0.6 is 0 Å². The van der Waals surface area contributed by atoms with Crippen molar-refractivity contribution in [1.82, 2.24) is 25.1 Å². The third-order valence-electron chi connectivity index (χ3n) is 5.07. The number of nitrogen functional groups attached to an aromatic ring is 2. The second-order valence-electron chi connectivity index (χ2n) is 7.57. The molecule has 0 saturated carbocycles. The number of amides is 1. The second-order valence-corrected chi connectivity index (χ2v) is 7.57. The van der Waals surface area contributed by atoms with Gasteiger partial charge in [-0.3, -0.25) is 20.4 Å². The highest BCUT2D eigenvalue weighted by Crippen LogP contribution is 2.20. The van der Waals surface area contributed by atoms with E-state index in [1.54, 1.807) is 53.5 Å². The number of nitrogens with two attached hydrogens (primary N) is 2. The van der Waals surface area contributed by atoms with Gasteiger partial charge in [0.1, 0.15) is 18.1 Å². The van der Waals surface area contributed by atoms with Gasteiger partial charge in [0.15, 0.2) is 0 Å². The molecule has 7 N–H and O–H groups in total. The lowest BCUT2D eigenvalue weighted by Crippen LogP contribution is -2.38. The van der Waals surface area contributed by atoms with Gasteiger partial charge in [0.2, 0.25) is 11.7 Å². The molecule has 2 aromatic carbocycles. The summed E-state index contributed by atoms with van der Waals surface area (Å²) in [5.41, 5.74) is 15.5. The van der Waals surface area contributed by atoms with E-state index in [9.17, 15) is 9.59 Å². The standard InChI is InChI=1S/C23H29N9O3/c1-3-31(4-2)30-21-22(34)32(23(29-28-21)35-18-7-5-6-17(24)12-18)14-19(33)27-13-15-8-10-16(11-9-15)20(25)26/h5-12H,3-4,13-14,24H2,1-2H3,(H3,25,26)(H,27,33)(H,28,30). The summed E-state index contributed by atoms with van der Waals surface area (Å²) < 4.78 is 6.85. The number of carbonyl (C=O) groups is 1. The number of carbonyl (C=O) groups excluding carboxylic acids is 1. The van der Waals surface area contributed by atoms with Gasteiger partial charge in [-0.05, 0) is 17.7 Å². The highest BCUT2D eigenvalue weighted by molar-refractivity contribution is 5.94. The van der Waals surface area contributed by atoms with Gasteiger partial charge in [0.25, 0.3) is 0 Å². The van der Waals surface area contributed by atoms with E-state index < -0.39 is 11.5 Å². The molecule has 0 atom stereocenters. The van der Waals surface area contributed by atoms with E-state index in [1.807, 2.05) is 13.8 Å². The van der Waals surface area contributed by atoms with Gasteiger partial charge in [-0.25, -0.2) is 9.58 Å². The Bertz CT molecular complexity index is 1240. The number of ether oxygens (including phenoxy) is 1. The van der Waals surface area contributed by atoms with Crippen molar-refractivity contribution >= 4 is 23.2 Å². The Morgan fingerprint density at radius 2 is 1.86 bits per heavy atom. The fourth-order valence-corrected chi connectivity index (χ4v) is 3.11. The average Bonchev–Trinajstić information content (AvgIpc) is 2.85. The zero-order valence-electron chi connectivity index (χ0n) is 19.6. The van der Waals surface area contributed by atoms with E-state index in [-0.39, 0.29) is 30.8 Å². The Morgan fingerprint density at radius 1 is 1.14 bits per heavy atom. The molecule has 0 saturated heterocycles. The number of amidine groups is 1. The smallest absolute Gasteiger partial charge is 0.324 e. The molecule has 184 valence electrons. The molecular formula is C23H29N9O3. The second kappa shape index (κ2) is 11.6. The number of hydrogen-bond acceptors (Lipinski definition) is 9. The Kier molecular flexibility index (Phi) is 8.35. The van der Waals surface area contributed by atoms with Crippen molar-refractivity contribution < 1.29 is 9.53 Å². The van der Waals surface area contributed by atoms with Gasteiger partial charge < -0.3 is 21.5 Å². The third kappa shape index (κ3) is 6.77. The summed E-state index contributed by atoms with van der Waals surface area (Å²) in [5, 5.41) is 20.0. The summed E-state index contributed by atoms with van der Waals surface area (Å²) in [7, 11) is 0. The Balaban J connectivity index is 1.82. The van der Waals surface area contributed by atoms with E-state index in [0.717, 1.165) is 10.1 Å². The maximum absolute atomic E-state index is 13.2. The van der Waals surface area contributed by atoms with Crippen molar-refractivity contribution in [2.75, 3.05) is 24.2 Å². The fraction of sp³-hybridized carbons (Fsp3) is 0.261. The van der Waals surface area contributed by atoms with Crippen LogP contribution in [-0.4, -0.2) is 44.6 Å². The van der Waals surface area contributed by atoms with Crippen molar-refractivity contribution in [2.45, 2.75) is 26.9 Å². The summed E-state index contributed by atoms with van der Waals surface area (Å²) in [6, 6.07) is 13.4. The minimum atomic E-state index is -0.563. The first-order valence-corrected chi connectivity index (χ1v) is 11.0. The van der Waals surface area contributed by atoms with Crippen LogP contribution in [0.1, 0.15) is 25.0 Å². The zero-order chi connectivity index (χ0) is 25.4. The van der Waals surface area contributed by atoms with Crippen LogP contribution in [0.4, 0.5) is 11.5 Å². The lowest BCUT2D eigenvalue weighted by atomic mass is 10.1. The van der Waals surface area contributed by atoms with Gasteiger partial charge >= 0.3 is 11.6 Å². The SMILES string of the molecule is CCN(CC)Nc1nnc(Oc2cccc(N)c2)n(CC(=O)NCc2ccc(C(=N)N)cc2)c1=O. The summed E-state index contributed by atoms with van der Waals surface area (Å²) in [6.45, 7) is 4.99. The fourth-order valence-electron chi connectivity index (χ4n) is 3.11. The van der Waals surface area contributed by atoms with Gasteiger partial charge in [-0.1, -0.05) is 49.3 Å². The predicted molar refractivity (Wildman–Crippen MR) is 133 cm³/mol. The summed E-state index contributed by atoms with van der Waals surface area (Å²) in [6.07, 6.45) is 0. The third-order valence-corrected chi connectivity index (χ3v) is 5.07. The van der Waals surface area contributed by atoms with Crippen molar-refractivity contribution in [2.24, 2.45) is 5.73 Å². The van der Waals surface area contributed by atoms with E-state index in [0.29, 0.717) is 30.1 Å². The van der Waals surface area contributed by atoms with Crippen molar-refractivity contribution in [1.29, 1.82) is 5.41 Å². The topological polar surface area (TPSA) is 177 Å². The number of anilines is 2. The van der Waals surface area contributed by atoms with E-state index in [1.165, 1.54) is 0 Å². The summed E-state index contributed by atoms with van der Waals surface area (Å²) in [5.74, 6) is -0.141. The lowest BCUT2D eigenvalue weighted by molar-refractivity contribution is -0.122. The molecular weight excluding hydrogens is 450 g/mol. The molecule has 0 fully saturated rings. The number of nitrogens with zero attached hydrogens (tertiary/aromatic N) is 4. The minimum absolute atomic E-state index is 0.0266. The van der Waals surface area contributed by atoms with Crippen molar-refractivity contribution in [3.8, 4) is 11.8 Å². The zero-order valence-corrected chi connectivity index (χ0v) is 19.6. The summed E-state index contributed by atoms with van der Waals surface area (Å²) >= 11 is 0. The highest BCUT2D eigenvalue weighted by Gasteiger charge is 2.18. The monoisotopic (exact) mass is 479 g/mol. The first-order chi connectivity index (χ1) is 16.8. The molecule has 1 aromatic heterocycles. The number of benzene rings is 2. The number of aromatic nitrogens is 3. The van der Waals surface area contributed by atoms with Crippen molar-refractivity contribution in [3.63, 3.8) is 0 Å². The predicted octanol–water partition coefficient (Wildman–Crippen LogP) is 1.28. The van der Waals surface area contributed by atoms with E-state index in [2.05, 4.69) is 20.9 Å². The van der Waals surface area contributed by atoms with Crippen molar-refractivity contribution in [3.05, 3.63) is 70.0 Å². The van der Waals surface area contributed by atoms with Gasteiger partial charge in [-0.15, -0.1) is 5.10 Å². The molecule has 0 aliphatic carbocycles. The molecule has 0 radical (unpaired) electrons. The molecule has 12 heteroatoms. The van der Waals surface area contributed by atoms with Crippen LogP contribution in [0.2, 0.25) is 0 Å². The van der Waals surface area contributed by atoms with Crippen LogP contribution < -0.4 is 32.5 Å². The highest BCUT2D eigenvalue weighted by atomic mass is 16.5. The van der Waals surface area contributed by atoms with Crippen LogP contribution in [0.25, 0.3) is 0 Å². The molecule has 0 unspecified atom stereocenters. The number of hydrazine groups is 1. The average molecular weight is 480 g/mol. The number of nitrogens with one attached hydrogen (secondary N) is 3. The Morgan fingerprint density at radius 3 is 2.49 bits per heavy atom. The molecule has 1 heterocycles. The molecule has 3 rings (SSSR count). The maximum Gasteiger partial charge on any atom is 0.324 e. The van der Waals surface area contributed by atoms with Gasteiger partial charge in [-0.2, -0.15) is 0 Å². The Labute approximate surface area is 202 Å². The van der Waals surface area contributed by atoms with Crippen LogP contribution in [-0.2, 0) is 17.9 Å². The van der Waals surface area contributed by atoms with E-state index >= 15 is 0 Å². The molecule has 12 nitrogen and oxygen atoms in total. The van der Waals surface area contributed by atoms with Crippen LogP contribution in [0.15, 0.2) is 53.3 Å². The van der Waals surface area contributed by atoms with Gasteiger partial charge in [0.05, 0.1) is 0 Å². The molecule has 3 aromatic rings. The van der Waals surface area contributed by atoms with E-state index in [4.69, 9.17) is 21.6 Å². The van der Waals surface area contributed by atoms with Crippen LogP contribution in [0.5, 0.6) is 11.8 Å². The largest absolute Gasteiger partial charge is 0.424 e. The quantitative estimate of drug-likeness (QED) is 0.117. The first-order valence-electron chi connectivity index (χ1n) is 11.0. The molecule has 0 spiro atoms. The molecule has 0 bridgehead atoms. The van der Waals surface area contributed by atoms with Gasteiger partial charge in [0, 0.05) is 37.0 Å². The Hall–Kier alpha value is -4.45. The minimum Gasteiger partial charge on any atom is -0.424 e. The van der Waals surface area contributed by atoms with Crippen LogP contribution in [0.3, 0.4) is 0 Å². The molecule has 0 aliphatic rings. The summed E-state index contributed by atoms with van der Waals surface area (Å²) in [4.78, 5) is 25.9. The maximum atomic E-state index is 13.2. The lowest BCUT2D eigenvalue weighted by Gasteiger charge is -2.20. The molecule has 35 heavy (non-hydrogen) atoms. The normalized spacial score (nSPS) is 10.7.